The van der Waals surface area contributed by atoms with E-state index in [1.165, 1.54) is 11.1 Å². The van der Waals surface area contributed by atoms with Gasteiger partial charge in [-0.05, 0) is 30.0 Å². The third-order valence-corrected chi connectivity index (χ3v) is 6.27. The summed E-state index contributed by atoms with van der Waals surface area (Å²) in [5.41, 5.74) is 3.02. The van der Waals surface area contributed by atoms with E-state index in [2.05, 4.69) is 45.5 Å². The Kier molecular flexibility index (Phi) is 7.81. The number of benzene rings is 1. The molecule has 0 radical (unpaired) electrons. The van der Waals surface area contributed by atoms with Gasteiger partial charge in [0.2, 0.25) is 0 Å². The molecule has 1 aromatic rings. The van der Waals surface area contributed by atoms with Crippen molar-refractivity contribution < 1.29 is 9.16 Å². The molecule has 0 amide bonds. The Morgan fingerprint density at radius 2 is 1.95 bits per heavy atom. The number of methoxy groups -OCH3 is 1. The van der Waals surface area contributed by atoms with Crippen molar-refractivity contribution in [1.82, 2.24) is 0 Å². The lowest BCUT2D eigenvalue weighted by Crippen LogP contribution is -2.22. The molecule has 0 fully saturated rings. The van der Waals surface area contributed by atoms with E-state index in [0.717, 1.165) is 12.8 Å². The van der Waals surface area contributed by atoms with Crippen molar-refractivity contribution in [2.24, 2.45) is 0 Å². The lowest BCUT2D eigenvalue weighted by Gasteiger charge is -2.25. The molecule has 3 atom stereocenters. The van der Waals surface area contributed by atoms with Crippen LogP contribution in [0.2, 0.25) is 5.54 Å². The molecule has 0 aromatic heterocycles. The van der Waals surface area contributed by atoms with Crippen molar-refractivity contribution in [2.75, 3.05) is 7.11 Å². The first-order valence-corrected chi connectivity index (χ1v) is 8.92. The van der Waals surface area contributed by atoms with Gasteiger partial charge in [-0.25, -0.2) is 0 Å². The Morgan fingerprint density at radius 1 is 1.25 bits per heavy atom. The lowest BCUT2D eigenvalue weighted by atomic mass is 10.0. The normalized spacial score (nSPS) is 16.2. The van der Waals surface area contributed by atoms with Gasteiger partial charge in [0, 0.05) is 7.11 Å². The van der Waals surface area contributed by atoms with Crippen molar-refractivity contribution in [3.05, 3.63) is 42.0 Å². The number of hydrogen-bond donors (Lipinski definition) is 0. The van der Waals surface area contributed by atoms with Gasteiger partial charge in [0.25, 0.3) is 0 Å². The minimum atomic E-state index is -0.618. The second-order valence-electron chi connectivity index (χ2n) is 5.17. The molecule has 0 bridgehead atoms. The summed E-state index contributed by atoms with van der Waals surface area (Å²) in [5, 5.41) is 0. The van der Waals surface area contributed by atoms with Gasteiger partial charge in [0.15, 0.2) is 9.76 Å². The highest BCUT2D eigenvalue weighted by Crippen LogP contribution is 2.27. The van der Waals surface area contributed by atoms with Gasteiger partial charge in [0.05, 0.1) is 12.2 Å². The first-order chi connectivity index (χ1) is 9.67. The average molecular weight is 292 g/mol. The summed E-state index contributed by atoms with van der Waals surface area (Å²) in [7, 11) is 1.17. The van der Waals surface area contributed by atoms with Crippen molar-refractivity contribution in [2.45, 2.75) is 51.4 Å². The van der Waals surface area contributed by atoms with E-state index < -0.39 is 9.76 Å². The van der Waals surface area contributed by atoms with Crippen molar-refractivity contribution in [3.63, 3.8) is 0 Å². The predicted octanol–water partition coefficient (Wildman–Crippen LogP) is 4.11. The maximum atomic E-state index is 6.31. The fourth-order valence-electron chi connectivity index (χ4n) is 2.44. The molecule has 112 valence electrons. The molecule has 0 aliphatic heterocycles. The van der Waals surface area contributed by atoms with Crippen LogP contribution in [-0.4, -0.2) is 23.0 Å². The molecule has 0 aliphatic carbocycles. The molecule has 3 heteroatoms. The quantitative estimate of drug-likeness (QED) is 0.638. The molecular formula is C17H28O2Si. The standard InChI is InChI=1S/C17H28O2Si/c1-6-14-11-9-10-12-15(14)16(7-2)19-20-17(8-3)13(4)18-5/h6,9-13,16-17H,1,7-8,20H2,2-5H3. The summed E-state index contributed by atoms with van der Waals surface area (Å²) in [6.45, 7) is 10.4. The monoisotopic (exact) mass is 292 g/mol. The second kappa shape index (κ2) is 9.11. The van der Waals surface area contributed by atoms with E-state index in [0.29, 0.717) is 11.6 Å². The molecule has 20 heavy (non-hydrogen) atoms. The van der Waals surface area contributed by atoms with Crippen LogP contribution in [0.1, 0.15) is 50.8 Å². The zero-order valence-electron chi connectivity index (χ0n) is 13.3. The Balaban J connectivity index is 2.74. The molecule has 0 saturated carbocycles. The zero-order valence-corrected chi connectivity index (χ0v) is 14.7. The molecule has 1 aromatic carbocycles. The maximum Gasteiger partial charge on any atom is 0.168 e. The molecule has 0 saturated heterocycles. The van der Waals surface area contributed by atoms with Gasteiger partial charge in [-0.2, -0.15) is 0 Å². The Bertz CT molecular complexity index is 406. The summed E-state index contributed by atoms with van der Waals surface area (Å²) >= 11 is 0. The Hall–Kier alpha value is -0.903. The first-order valence-electron chi connectivity index (χ1n) is 7.53. The van der Waals surface area contributed by atoms with Gasteiger partial charge in [-0.3, -0.25) is 0 Å². The van der Waals surface area contributed by atoms with Gasteiger partial charge >= 0.3 is 0 Å². The predicted molar refractivity (Wildman–Crippen MR) is 89.7 cm³/mol. The van der Waals surface area contributed by atoms with E-state index in [-0.39, 0.29) is 6.10 Å². The maximum absolute atomic E-state index is 6.31. The summed E-state index contributed by atoms with van der Waals surface area (Å²) in [6.07, 6.45) is 4.52. The minimum Gasteiger partial charge on any atom is -0.417 e. The van der Waals surface area contributed by atoms with E-state index in [1.54, 1.807) is 7.11 Å². The van der Waals surface area contributed by atoms with Crippen LogP contribution in [0.3, 0.4) is 0 Å². The zero-order chi connectivity index (χ0) is 15.0. The molecule has 1 rings (SSSR count). The fourth-order valence-corrected chi connectivity index (χ4v) is 4.03. The van der Waals surface area contributed by atoms with E-state index in [9.17, 15) is 0 Å². The van der Waals surface area contributed by atoms with Crippen molar-refractivity contribution in [3.8, 4) is 0 Å². The summed E-state index contributed by atoms with van der Waals surface area (Å²) in [4.78, 5) is 0. The largest absolute Gasteiger partial charge is 0.417 e. The van der Waals surface area contributed by atoms with Crippen LogP contribution in [0.4, 0.5) is 0 Å². The Labute approximate surface area is 126 Å². The molecule has 0 N–H and O–H groups in total. The summed E-state index contributed by atoms with van der Waals surface area (Å²) in [5.74, 6) is 0. The van der Waals surface area contributed by atoms with Crippen LogP contribution < -0.4 is 0 Å². The molecule has 0 heterocycles. The van der Waals surface area contributed by atoms with Crippen molar-refractivity contribution >= 4 is 15.8 Å². The van der Waals surface area contributed by atoms with Gasteiger partial charge in [-0.1, -0.05) is 57.2 Å². The minimum absolute atomic E-state index is 0.189. The molecule has 0 spiro atoms. The van der Waals surface area contributed by atoms with Gasteiger partial charge in [0.1, 0.15) is 0 Å². The average Bonchev–Trinajstić information content (AvgIpc) is 2.51. The summed E-state index contributed by atoms with van der Waals surface area (Å²) < 4.78 is 11.8. The SMILES string of the molecule is C=Cc1ccccc1C(CC)O[SiH2]C(CC)C(C)OC. The highest BCUT2D eigenvalue weighted by atomic mass is 28.2. The van der Waals surface area contributed by atoms with Gasteiger partial charge < -0.3 is 9.16 Å². The highest BCUT2D eigenvalue weighted by Gasteiger charge is 2.19. The summed E-state index contributed by atoms with van der Waals surface area (Å²) in [6, 6.07) is 8.38. The van der Waals surface area contributed by atoms with E-state index in [4.69, 9.17) is 9.16 Å². The van der Waals surface area contributed by atoms with Crippen LogP contribution in [0, 0.1) is 0 Å². The molecular weight excluding hydrogens is 264 g/mol. The molecule has 3 unspecified atom stereocenters. The number of hydrogen-bond acceptors (Lipinski definition) is 2. The van der Waals surface area contributed by atoms with Gasteiger partial charge in [-0.15, -0.1) is 0 Å². The van der Waals surface area contributed by atoms with Crippen LogP contribution >= 0.6 is 0 Å². The number of ether oxygens (including phenoxy) is 1. The highest BCUT2D eigenvalue weighted by molar-refractivity contribution is 6.29. The fraction of sp³-hybridized carbons (Fsp3) is 0.529. The topological polar surface area (TPSA) is 18.5 Å². The lowest BCUT2D eigenvalue weighted by molar-refractivity contribution is 0.101. The van der Waals surface area contributed by atoms with Crippen LogP contribution in [0.5, 0.6) is 0 Å². The Morgan fingerprint density at radius 3 is 2.50 bits per heavy atom. The van der Waals surface area contributed by atoms with E-state index in [1.807, 2.05) is 12.1 Å². The van der Waals surface area contributed by atoms with Crippen molar-refractivity contribution in [1.29, 1.82) is 0 Å². The third kappa shape index (κ3) is 4.58. The molecule has 2 nitrogen and oxygen atoms in total. The smallest absolute Gasteiger partial charge is 0.168 e. The third-order valence-electron chi connectivity index (χ3n) is 4.01. The van der Waals surface area contributed by atoms with Crippen LogP contribution in [0.25, 0.3) is 6.08 Å². The van der Waals surface area contributed by atoms with Crippen LogP contribution in [0.15, 0.2) is 30.8 Å². The second-order valence-corrected chi connectivity index (χ2v) is 6.89. The first kappa shape index (κ1) is 17.1. The molecule has 0 aliphatic rings. The van der Waals surface area contributed by atoms with Crippen LogP contribution in [-0.2, 0) is 9.16 Å². The number of rotatable bonds is 9. The van der Waals surface area contributed by atoms with E-state index >= 15 is 0 Å².